The second kappa shape index (κ2) is 7.26. The molecule has 18 heavy (non-hydrogen) atoms. The average molecular weight is 378 g/mol. The summed E-state index contributed by atoms with van der Waals surface area (Å²) in [5.74, 6) is 0.0289. The van der Waals surface area contributed by atoms with E-state index >= 15 is 0 Å². The first-order valence-corrected chi connectivity index (χ1v) is 7.46. The lowest BCUT2D eigenvalue weighted by Gasteiger charge is -2.16. The van der Waals surface area contributed by atoms with Crippen LogP contribution in [0.2, 0.25) is 0 Å². The Bertz CT molecular complexity index is 421. The lowest BCUT2D eigenvalue weighted by molar-refractivity contribution is -0.123. The standard InChI is InChI=1S/C13H18Br2N2O/c1-8(2)17-13(18)9(3)16-7-10-4-5-11(14)12(15)6-10/h4-6,8-9,16H,7H2,1-3H3,(H,17,18). The second-order valence-electron chi connectivity index (χ2n) is 4.51. The van der Waals surface area contributed by atoms with E-state index in [2.05, 4.69) is 42.5 Å². The Morgan fingerprint density at radius 2 is 1.89 bits per heavy atom. The molecule has 0 spiro atoms. The number of hydrogen-bond donors (Lipinski definition) is 2. The molecule has 1 atom stereocenters. The van der Waals surface area contributed by atoms with Crippen LogP contribution in [0, 0.1) is 0 Å². The summed E-state index contributed by atoms with van der Waals surface area (Å²) in [7, 11) is 0. The highest BCUT2D eigenvalue weighted by atomic mass is 79.9. The van der Waals surface area contributed by atoms with E-state index in [9.17, 15) is 4.79 Å². The van der Waals surface area contributed by atoms with Crippen molar-refractivity contribution >= 4 is 37.8 Å². The zero-order valence-corrected chi connectivity index (χ0v) is 13.9. The van der Waals surface area contributed by atoms with E-state index in [4.69, 9.17) is 0 Å². The van der Waals surface area contributed by atoms with Crippen molar-refractivity contribution in [2.75, 3.05) is 0 Å². The van der Waals surface area contributed by atoms with Gasteiger partial charge in [0.15, 0.2) is 0 Å². The molecule has 0 bridgehead atoms. The maximum atomic E-state index is 11.7. The summed E-state index contributed by atoms with van der Waals surface area (Å²) in [6.07, 6.45) is 0. The third-order valence-corrected chi connectivity index (χ3v) is 4.30. The minimum atomic E-state index is -0.199. The van der Waals surface area contributed by atoms with Crippen LogP contribution >= 0.6 is 31.9 Å². The van der Waals surface area contributed by atoms with Gasteiger partial charge in [-0.2, -0.15) is 0 Å². The van der Waals surface area contributed by atoms with Gasteiger partial charge in [-0.25, -0.2) is 0 Å². The predicted octanol–water partition coefficient (Wildman–Crippen LogP) is 3.21. The Balaban J connectivity index is 2.49. The predicted molar refractivity (Wildman–Crippen MR) is 81.4 cm³/mol. The zero-order chi connectivity index (χ0) is 13.7. The van der Waals surface area contributed by atoms with Gasteiger partial charge in [-0.3, -0.25) is 4.79 Å². The monoisotopic (exact) mass is 376 g/mol. The summed E-state index contributed by atoms with van der Waals surface area (Å²) >= 11 is 6.89. The van der Waals surface area contributed by atoms with E-state index in [1.807, 2.05) is 39.0 Å². The van der Waals surface area contributed by atoms with Crippen LogP contribution in [-0.2, 0) is 11.3 Å². The molecule has 1 amide bonds. The highest BCUT2D eigenvalue weighted by Gasteiger charge is 2.12. The topological polar surface area (TPSA) is 41.1 Å². The summed E-state index contributed by atoms with van der Waals surface area (Å²) in [5.41, 5.74) is 1.13. The molecule has 1 aromatic rings. The second-order valence-corrected chi connectivity index (χ2v) is 6.22. The molecule has 0 heterocycles. The first-order valence-electron chi connectivity index (χ1n) is 5.88. The number of halogens is 2. The van der Waals surface area contributed by atoms with Crippen LogP contribution < -0.4 is 10.6 Å². The number of benzene rings is 1. The van der Waals surface area contributed by atoms with Gasteiger partial charge in [-0.05, 0) is 70.3 Å². The van der Waals surface area contributed by atoms with Crippen molar-refractivity contribution < 1.29 is 4.79 Å². The minimum Gasteiger partial charge on any atom is -0.353 e. The summed E-state index contributed by atoms with van der Waals surface area (Å²) in [5, 5.41) is 6.08. The van der Waals surface area contributed by atoms with Gasteiger partial charge >= 0.3 is 0 Å². The molecule has 0 aromatic heterocycles. The summed E-state index contributed by atoms with van der Waals surface area (Å²) in [6, 6.07) is 6.01. The quantitative estimate of drug-likeness (QED) is 0.827. The van der Waals surface area contributed by atoms with Gasteiger partial charge in [0.1, 0.15) is 0 Å². The van der Waals surface area contributed by atoms with E-state index in [1.54, 1.807) is 0 Å². The van der Waals surface area contributed by atoms with Crippen molar-refractivity contribution in [3.05, 3.63) is 32.7 Å². The van der Waals surface area contributed by atoms with Crippen molar-refractivity contribution in [1.82, 2.24) is 10.6 Å². The molecule has 1 aromatic carbocycles. The number of carbonyl (C=O) groups is 1. The molecular weight excluding hydrogens is 360 g/mol. The number of carbonyl (C=O) groups excluding carboxylic acids is 1. The molecule has 1 unspecified atom stereocenters. The van der Waals surface area contributed by atoms with Gasteiger partial charge in [0, 0.05) is 21.5 Å². The van der Waals surface area contributed by atoms with Crippen molar-refractivity contribution in [3.8, 4) is 0 Å². The average Bonchev–Trinajstić information content (AvgIpc) is 2.29. The molecule has 2 N–H and O–H groups in total. The number of amides is 1. The molecule has 0 aliphatic rings. The maximum Gasteiger partial charge on any atom is 0.237 e. The van der Waals surface area contributed by atoms with Gasteiger partial charge in [-0.15, -0.1) is 0 Å². The first kappa shape index (κ1) is 15.7. The van der Waals surface area contributed by atoms with Crippen LogP contribution in [0.1, 0.15) is 26.3 Å². The third-order valence-electron chi connectivity index (χ3n) is 2.42. The fourth-order valence-electron chi connectivity index (χ4n) is 1.42. The van der Waals surface area contributed by atoms with Crippen LogP contribution in [0.15, 0.2) is 27.1 Å². The lowest BCUT2D eigenvalue weighted by atomic mass is 10.2. The van der Waals surface area contributed by atoms with Gasteiger partial charge in [0.05, 0.1) is 6.04 Å². The fraction of sp³-hybridized carbons (Fsp3) is 0.462. The van der Waals surface area contributed by atoms with E-state index in [0.717, 1.165) is 14.5 Å². The first-order chi connectivity index (χ1) is 8.40. The molecule has 1 rings (SSSR count). The molecule has 3 nitrogen and oxygen atoms in total. The van der Waals surface area contributed by atoms with Crippen LogP contribution in [0.4, 0.5) is 0 Å². The molecule has 5 heteroatoms. The van der Waals surface area contributed by atoms with Gasteiger partial charge < -0.3 is 10.6 Å². The molecule has 0 aliphatic carbocycles. The van der Waals surface area contributed by atoms with Crippen LogP contribution in [0.5, 0.6) is 0 Å². The van der Waals surface area contributed by atoms with Gasteiger partial charge in [0.25, 0.3) is 0 Å². The SMILES string of the molecule is CC(C)NC(=O)C(C)NCc1ccc(Br)c(Br)c1. The molecule has 0 radical (unpaired) electrons. The van der Waals surface area contributed by atoms with Crippen molar-refractivity contribution in [3.63, 3.8) is 0 Å². The number of nitrogens with one attached hydrogen (secondary N) is 2. The Morgan fingerprint density at radius 3 is 2.44 bits per heavy atom. The number of hydrogen-bond acceptors (Lipinski definition) is 2. The summed E-state index contributed by atoms with van der Waals surface area (Å²) in [4.78, 5) is 11.7. The largest absolute Gasteiger partial charge is 0.353 e. The van der Waals surface area contributed by atoms with Crippen molar-refractivity contribution in [1.29, 1.82) is 0 Å². The molecule has 100 valence electrons. The van der Waals surface area contributed by atoms with Crippen LogP contribution in [0.25, 0.3) is 0 Å². The normalized spacial score (nSPS) is 12.6. The number of rotatable bonds is 5. The Kier molecular flexibility index (Phi) is 6.32. The van der Waals surface area contributed by atoms with E-state index < -0.39 is 0 Å². The third kappa shape index (κ3) is 5.08. The summed E-state index contributed by atoms with van der Waals surface area (Å²) < 4.78 is 2.04. The molecular formula is C13H18Br2N2O. The minimum absolute atomic E-state index is 0.0289. The molecule has 0 saturated carbocycles. The van der Waals surface area contributed by atoms with Crippen molar-refractivity contribution in [2.45, 2.75) is 39.4 Å². The lowest BCUT2D eigenvalue weighted by Crippen LogP contribution is -2.44. The highest BCUT2D eigenvalue weighted by Crippen LogP contribution is 2.23. The summed E-state index contributed by atoms with van der Waals surface area (Å²) in [6.45, 7) is 6.44. The molecule has 0 fully saturated rings. The highest BCUT2D eigenvalue weighted by molar-refractivity contribution is 9.13. The van der Waals surface area contributed by atoms with E-state index in [0.29, 0.717) is 6.54 Å². The Morgan fingerprint density at radius 1 is 1.22 bits per heavy atom. The van der Waals surface area contributed by atoms with E-state index in [-0.39, 0.29) is 18.0 Å². The van der Waals surface area contributed by atoms with Crippen molar-refractivity contribution in [2.24, 2.45) is 0 Å². The van der Waals surface area contributed by atoms with Crippen LogP contribution in [-0.4, -0.2) is 18.0 Å². The molecule has 0 saturated heterocycles. The fourth-order valence-corrected chi connectivity index (χ4v) is 2.10. The smallest absolute Gasteiger partial charge is 0.237 e. The van der Waals surface area contributed by atoms with E-state index in [1.165, 1.54) is 0 Å². The maximum absolute atomic E-state index is 11.7. The van der Waals surface area contributed by atoms with Crippen LogP contribution in [0.3, 0.4) is 0 Å². The van der Waals surface area contributed by atoms with Gasteiger partial charge in [0.2, 0.25) is 5.91 Å². The Labute approximate surface area is 125 Å². The van der Waals surface area contributed by atoms with Gasteiger partial charge in [-0.1, -0.05) is 6.07 Å². The Hall–Kier alpha value is -0.390. The zero-order valence-electron chi connectivity index (χ0n) is 10.8. The molecule has 0 aliphatic heterocycles.